The number of nitrogens with zero attached hydrogens (tertiary/aromatic N) is 5. The predicted molar refractivity (Wildman–Crippen MR) is 127 cm³/mol. The summed E-state index contributed by atoms with van der Waals surface area (Å²) in [6.07, 6.45) is 2.95. The minimum atomic E-state index is -0.532. The highest BCUT2D eigenvalue weighted by molar-refractivity contribution is 6.30. The number of hydrogen-bond acceptors (Lipinski definition) is 6. The maximum Gasteiger partial charge on any atom is 0.279 e. The number of aryl methyl sites for hydroxylation is 2. The van der Waals surface area contributed by atoms with Gasteiger partial charge in [-0.2, -0.15) is 0 Å². The van der Waals surface area contributed by atoms with Crippen molar-refractivity contribution in [2.45, 2.75) is 38.7 Å². The molecule has 7 nitrogen and oxygen atoms in total. The monoisotopic (exact) mass is 479 g/mol. The third kappa shape index (κ3) is 4.08. The van der Waals surface area contributed by atoms with Crippen LogP contribution in [-0.2, 0) is 11.8 Å². The Morgan fingerprint density at radius 1 is 1.12 bits per heavy atom. The van der Waals surface area contributed by atoms with Gasteiger partial charge in [-0.1, -0.05) is 11.6 Å². The zero-order valence-electron chi connectivity index (χ0n) is 19.0. The van der Waals surface area contributed by atoms with E-state index in [1.54, 1.807) is 32.3 Å². The zero-order chi connectivity index (χ0) is 24.0. The summed E-state index contributed by atoms with van der Waals surface area (Å²) in [5, 5.41) is 0.278. The standard InChI is InChI=1S/C25H23ClFN5O2/c1-13-10-15(6-8-28-13)20-11-16(7-9-34-20)24-30-21(18-5-4-17(26)12-19(18)27)22-23(31-24)25(33)32(3)14(2)29-22/h4-6,8,10,12,16,20H,7,9,11H2,1-3H3/t16-,20+/m1/s1. The number of halogens is 2. The molecule has 0 saturated carbocycles. The molecule has 0 aliphatic carbocycles. The molecule has 4 aromatic rings. The second-order valence-electron chi connectivity index (χ2n) is 8.59. The number of ether oxygens (including phenoxy) is 1. The quantitative estimate of drug-likeness (QED) is 0.418. The third-order valence-electron chi connectivity index (χ3n) is 6.30. The summed E-state index contributed by atoms with van der Waals surface area (Å²) >= 11 is 5.97. The Hall–Kier alpha value is -3.23. The van der Waals surface area contributed by atoms with E-state index < -0.39 is 5.82 Å². The van der Waals surface area contributed by atoms with Crippen molar-refractivity contribution in [3.05, 3.63) is 80.6 Å². The molecule has 1 aliphatic rings. The van der Waals surface area contributed by atoms with Crippen LogP contribution in [0.3, 0.4) is 0 Å². The summed E-state index contributed by atoms with van der Waals surface area (Å²) in [7, 11) is 1.64. The summed E-state index contributed by atoms with van der Waals surface area (Å²) in [4.78, 5) is 31.3. The molecular formula is C25H23ClFN5O2. The molecule has 1 fully saturated rings. The van der Waals surface area contributed by atoms with Crippen molar-refractivity contribution < 1.29 is 9.13 Å². The molecule has 174 valence electrons. The molecule has 0 N–H and O–H groups in total. The third-order valence-corrected chi connectivity index (χ3v) is 6.53. The SMILES string of the molecule is Cc1cc([C@@H]2C[C@H](c3nc(-c4ccc(Cl)cc4F)c4nc(C)n(C)c(=O)c4n3)CCO2)ccn1. The highest BCUT2D eigenvalue weighted by Gasteiger charge is 2.29. The lowest BCUT2D eigenvalue weighted by Crippen LogP contribution is -2.25. The fourth-order valence-electron chi connectivity index (χ4n) is 4.35. The fraction of sp³-hybridized carbons (Fsp3) is 0.320. The molecule has 5 rings (SSSR count). The van der Waals surface area contributed by atoms with Gasteiger partial charge in [0, 0.05) is 42.0 Å². The van der Waals surface area contributed by atoms with E-state index in [0.717, 1.165) is 11.3 Å². The molecule has 34 heavy (non-hydrogen) atoms. The molecule has 1 saturated heterocycles. The van der Waals surface area contributed by atoms with Crippen LogP contribution in [-0.4, -0.2) is 31.1 Å². The Kier molecular flexibility index (Phi) is 5.87. The molecule has 1 aliphatic heterocycles. The first-order chi connectivity index (χ1) is 16.3. The molecule has 2 atom stereocenters. The van der Waals surface area contributed by atoms with Crippen LogP contribution < -0.4 is 5.56 Å². The van der Waals surface area contributed by atoms with Crippen molar-refractivity contribution in [1.29, 1.82) is 0 Å². The lowest BCUT2D eigenvalue weighted by molar-refractivity contribution is 0.00394. The van der Waals surface area contributed by atoms with Crippen molar-refractivity contribution in [2.24, 2.45) is 7.05 Å². The summed E-state index contributed by atoms with van der Waals surface area (Å²) in [6.45, 7) is 4.18. The highest BCUT2D eigenvalue weighted by Crippen LogP contribution is 2.38. The largest absolute Gasteiger partial charge is 0.373 e. The lowest BCUT2D eigenvalue weighted by atomic mass is 9.91. The van der Waals surface area contributed by atoms with E-state index in [1.165, 1.54) is 10.6 Å². The van der Waals surface area contributed by atoms with E-state index in [0.29, 0.717) is 31.1 Å². The Bertz CT molecular complexity index is 1470. The van der Waals surface area contributed by atoms with Gasteiger partial charge in [0.25, 0.3) is 5.56 Å². The summed E-state index contributed by atoms with van der Waals surface area (Å²) in [5.41, 5.74) is 2.62. The van der Waals surface area contributed by atoms with E-state index in [-0.39, 0.29) is 44.9 Å². The number of benzene rings is 1. The van der Waals surface area contributed by atoms with Crippen molar-refractivity contribution in [1.82, 2.24) is 24.5 Å². The number of rotatable bonds is 3. The Morgan fingerprint density at radius 3 is 2.71 bits per heavy atom. The molecule has 3 aromatic heterocycles. The number of fused-ring (bicyclic) bond motifs is 1. The van der Waals surface area contributed by atoms with Crippen LogP contribution in [0.5, 0.6) is 0 Å². The number of aromatic nitrogens is 5. The van der Waals surface area contributed by atoms with Gasteiger partial charge in [-0.15, -0.1) is 0 Å². The molecule has 0 bridgehead atoms. The van der Waals surface area contributed by atoms with Crippen LogP contribution in [0.25, 0.3) is 22.3 Å². The number of hydrogen-bond donors (Lipinski definition) is 0. The Labute approximate surface area is 200 Å². The molecule has 1 aromatic carbocycles. The molecule has 0 radical (unpaired) electrons. The Morgan fingerprint density at radius 2 is 1.94 bits per heavy atom. The first kappa shape index (κ1) is 22.6. The van der Waals surface area contributed by atoms with Gasteiger partial charge < -0.3 is 4.74 Å². The average molecular weight is 480 g/mol. The summed E-state index contributed by atoms with van der Waals surface area (Å²) < 4.78 is 22.4. The zero-order valence-corrected chi connectivity index (χ0v) is 19.8. The van der Waals surface area contributed by atoms with E-state index in [1.807, 2.05) is 19.1 Å². The van der Waals surface area contributed by atoms with Gasteiger partial charge in [0.1, 0.15) is 28.7 Å². The maximum atomic E-state index is 15.0. The van der Waals surface area contributed by atoms with E-state index >= 15 is 0 Å². The van der Waals surface area contributed by atoms with Gasteiger partial charge in [0.15, 0.2) is 5.52 Å². The summed E-state index contributed by atoms with van der Waals surface area (Å²) in [6, 6.07) is 8.33. The van der Waals surface area contributed by atoms with E-state index in [2.05, 4.69) is 15.0 Å². The minimum absolute atomic E-state index is 0.0725. The lowest BCUT2D eigenvalue weighted by Gasteiger charge is -2.29. The van der Waals surface area contributed by atoms with Gasteiger partial charge in [0.2, 0.25) is 0 Å². The normalized spacial score (nSPS) is 18.4. The van der Waals surface area contributed by atoms with Crippen molar-refractivity contribution >= 4 is 22.6 Å². The van der Waals surface area contributed by atoms with Crippen molar-refractivity contribution in [2.75, 3.05) is 6.61 Å². The van der Waals surface area contributed by atoms with Crippen LogP contribution in [0.4, 0.5) is 4.39 Å². The van der Waals surface area contributed by atoms with Crippen LogP contribution in [0.1, 0.15) is 47.8 Å². The molecule has 0 unspecified atom stereocenters. The molecule has 9 heteroatoms. The van der Waals surface area contributed by atoms with Gasteiger partial charge in [-0.3, -0.25) is 14.3 Å². The average Bonchev–Trinajstić information content (AvgIpc) is 2.82. The van der Waals surface area contributed by atoms with Crippen molar-refractivity contribution in [3.8, 4) is 11.3 Å². The maximum absolute atomic E-state index is 15.0. The smallest absolute Gasteiger partial charge is 0.279 e. The van der Waals surface area contributed by atoms with Crippen molar-refractivity contribution in [3.63, 3.8) is 0 Å². The van der Waals surface area contributed by atoms with Gasteiger partial charge in [-0.25, -0.2) is 19.3 Å². The van der Waals surface area contributed by atoms with Crippen LogP contribution >= 0.6 is 11.6 Å². The molecule has 0 spiro atoms. The topological polar surface area (TPSA) is 82.8 Å². The first-order valence-corrected chi connectivity index (χ1v) is 11.4. The van der Waals surface area contributed by atoms with Gasteiger partial charge in [0.05, 0.1) is 6.10 Å². The predicted octanol–water partition coefficient (Wildman–Crippen LogP) is 4.83. The fourth-order valence-corrected chi connectivity index (χ4v) is 4.51. The minimum Gasteiger partial charge on any atom is -0.373 e. The van der Waals surface area contributed by atoms with Crippen LogP contribution in [0.15, 0.2) is 41.3 Å². The van der Waals surface area contributed by atoms with Gasteiger partial charge in [-0.05, 0) is 62.6 Å². The van der Waals surface area contributed by atoms with E-state index in [4.69, 9.17) is 21.3 Å². The first-order valence-electron chi connectivity index (χ1n) is 11.1. The Balaban J connectivity index is 1.66. The van der Waals surface area contributed by atoms with E-state index in [9.17, 15) is 9.18 Å². The van der Waals surface area contributed by atoms with Gasteiger partial charge >= 0.3 is 0 Å². The van der Waals surface area contributed by atoms with Crippen LogP contribution in [0, 0.1) is 19.7 Å². The summed E-state index contributed by atoms with van der Waals surface area (Å²) in [5.74, 6) is 0.370. The molecule has 0 amide bonds. The molecule has 4 heterocycles. The number of pyridine rings is 1. The molecular weight excluding hydrogens is 457 g/mol. The second kappa shape index (κ2) is 8.85. The van der Waals surface area contributed by atoms with Crippen LogP contribution in [0.2, 0.25) is 5.02 Å². The second-order valence-corrected chi connectivity index (χ2v) is 9.02. The highest BCUT2D eigenvalue weighted by atomic mass is 35.5.